The summed E-state index contributed by atoms with van der Waals surface area (Å²) in [5, 5.41) is 9.95. The topological polar surface area (TPSA) is 72.8 Å². The summed E-state index contributed by atoms with van der Waals surface area (Å²) in [6, 6.07) is 2.97. The van der Waals surface area contributed by atoms with E-state index in [1.165, 1.54) is 19.2 Å². The van der Waals surface area contributed by atoms with Gasteiger partial charge >= 0.3 is 5.97 Å². The third kappa shape index (κ3) is 4.13. The molecule has 102 valence electrons. The maximum Gasteiger partial charge on any atom is 0.309 e. The van der Waals surface area contributed by atoms with Crippen LogP contribution in [-0.2, 0) is 9.53 Å². The van der Waals surface area contributed by atoms with Crippen molar-refractivity contribution in [1.29, 1.82) is 0 Å². The number of hydrogen-bond donors (Lipinski definition) is 1. The minimum absolute atomic E-state index is 0.0615. The van der Waals surface area contributed by atoms with Crippen LogP contribution >= 0.6 is 0 Å². The van der Waals surface area contributed by atoms with Gasteiger partial charge in [0.25, 0.3) is 0 Å². The fourth-order valence-corrected chi connectivity index (χ4v) is 1.48. The van der Waals surface area contributed by atoms with Crippen LogP contribution in [-0.4, -0.2) is 31.1 Å². The molecule has 5 nitrogen and oxygen atoms in total. The molecule has 0 aliphatic rings. The number of methoxy groups -OCH3 is 1. The van der Waals surface area contributed by atoms with E-state index in [0.29, 0.717) is 24.0 Å². The molecular weight excluding hydrogens is 248 g/mol. The molecule has 1 aromatic rings. The second-order valence-electron chi connectivity index (χ2n) is 3.69. The van der Waals surface area contributed by atoms with Gasteiger partial charge in [0.05, 0.1) is 20.1 Å². The number of ether oxygens (including phenoxy) is 2. The molecule has 1 rings (SSSR count). The van der Waals surface area contributed by atoms with E-state index in [0.717, 1.165) is 0 Å². The average molecular weight is 264 g/mol. The normalized spacial score (nSPS) is 10.4. The summed E-state index contributed by atoms with van der Waals surface area (Å²) in [7, 11) is 1.30. The molecule has 0 aromatic heterocycles. The predicted molar refractivity (Wildman–Crippen MR) is 70.3 cm³/mol. The Bertz CT molecular complexity index is 491. The number of esters is 1. The van der Waals surface area contributed by atoms with Crippen LogP contribution in [0.15, 0.2) is 18.2 Å². The van der Waals surface area contributed by atoms with Crippen molar-refractivity contribution in [1.82, 2.24) is 0 Å². The van der Waals surface area contributed by atoms with Crippen LogP contribution in [0.4, 0.5) is 0 Å². The molecule has 0 saturated carbocycles. The van der Waals surface area contributed by atoms with Gasteiger partial charge in [-0.05, 0) is 19.1 Å². The van der Waals surface area contributed by atoms with E-state index in [1.807, 2.05) is 0 Å². The third-order valence-corrected chi connectivity index (χ3v) is 2.37. The second-order valence-corrected chi connectivity index (χ2v) is 3.69. The number of carbonyl (C=O) groups is 2. The lowest BCUT2D eigenvalue weighted by Crippen LogP contribution is -1.97. The molecule has 1 N–H and O–H groups in total. The van der Waals surface area contributed by atoms with Gasteiger partial charge in [-0.2, -0.15) is 0 Å². The Morgan fingerprint density at radius 3 is 2.74 bits per heavy atom. The van der Waals surface area contributed by atoms with Crippen LogP contribution in [0.2, 0.25) is 0 Å². The van der Waals surface area contributed by atoms with Crippen molar-refractivity contribution in [3.63, 3.8) is 0 Å². The molecule has 0 fully saturated rings. The van der Waals surface area contributed by atoms with Crippen LogP contribution < -0.4 is 4.74 Å². The largest absolute Gasteiger partial charge is 0.504 e. The summed E-state index contributed by atoms with van der Waals surface area (Å²) < 4.78 is 9.73. The summed E-state index contributed by atoms with van der Waals surface area (Å²) in [6.45, 7) is 2.15. The van der Waals surface area contributed by atoms with Gasteiger partial charge in [-0.25, -0.2) is 0 Å². The predicted octanol–water partition coefficient (Wildman–Crippen LogP) is 2.18. The fraction of sp³-hybridized carbons (Fsp3) is 0.286. The Balaban J connectivity index is 3.01. The molecule has 0 atom stereocenters. The van der Waals surface area contributed by atoms with Gasteiger partial charge < -0.3 is 14.6 Å². The molecule has 5 heteroatoms. The SMILES string of the molecule is CCOc1cc(C=O)cc(C=CCC(=O)OC)c1O. The highest BCUT2D eigenvalue weighted by molar-refractivity contribution is 5.80. The summed E-state index contributed by atoms with van der Waals surface area (Å²) in [4.78, 5) is 21.8. The van der Waals surface area contributed by atoms with Crippen LogP contribution in [0, 0.1) is 0 Å². The molecule has 0 bridgehead atoms. The Morgan fingerprint density at radius 1 is 1.42 bits per heavy atom. The molecule has 0 aliphatic carbocycles. The molecule has 0 heterocycles. The molecule has 0 aliphatic heterocycles. The molecule has 0 amide bonds. The van der Waals surface area contributed by atoms with Crippen molar-refractivity contribution in [2.75, 3.05) is 13.7 Å². The van der Waals surface area contributed by atoms with Crippen molar-refractivity contribution >= 4 is 18.3 Å². The highest BCUT2D eigenvalue weighted by Crippen LogP contribution is 2.32. The van der Waals surface area contributed by atoms with Gasteiger partial charge in [0.15, 0.2) is 11.5 Å². The summed E-state index contributed by atoms with van der Waals surface area (Å²) in [5.74, 6) is -0.203. The zero-order chi connectivity index (χ0) is 14.3. The minimum atomic E-state index is -0.382. The van der Waals surface area contributed by atoms with E-state index < -0.39 is 0 Å². The van der Waals surface area contributed by atoms with E-state index in [-0.39, 0.29) is 23.9 Å². The summed E-state index contributed by atoms with van der Waals surface area (Å²) >= 11 is 0. The van der Waals surface area contributed by atoms with Crippen LogP contribution in [0.1, 0.15) is 29.3 Å². The first kappa shape index (κ1) is 14.8. The fourth-order valence-electron chi connectivity index (χ4n) is 1.48. The number of phenols is 1. The van der Waals surface area contributed by atoms with Gasteiger partial charge in [-0.1, -0.05) is 12.2 Å². The van der Waals surface area contributed by atoms with Crippen molar-refractivity contribution in [3.8, 4) is 11.5 Å². The van der Waals surface area contributed by atoms with Gasteiger partial charge in [0.2, 0.25) is 0 Å². The van der Waals surface area contributed by atoms with Crippen molar-refractivity contribution < 1.29 is 24.2 Å². The first-order chi connectivity index (χ1) is 9.12. The first-order valence-corrected chi connectivity index (χ1v) is 5.80. The Morgan fingerprint density at radius 2 is 2.16 bits per heavy atom. The van der Waals surface area contributed by atoms with Gasteiger partial charge in [0, 0.05) is 11.1 Å². The maximum absolute atomic E-state index is 11.0. The standard InChI is InChI=1S/C14H16O5/c1-3-19-12-8-10(9-15)7-11(14(12)17)5-4-6-13(16)18-2/h4-5,7-9,17H,3,6H2,1-2H3. The Hall–Kier alpha value is -2.30. The second kappa shape index (κ2) is 7.20. The van der Waals surface area contributed by atoms with Crippen LogP contribution in [0.25, 0.3) is 6.08 Å². The Kier molecular flexibility index (Phi) is 5.60. The molecule has 0 radical (unpaired) electrons. The number of carbonyl (C=O) groups excluding carboxylic acids is 2. The van der Waals surface area contributed by atoms with Crippen molar-refractivity contribution in [3.05, 3.63) is 29.3 Å². The molecular formula is C14H16O5. The molecule has 0 saturated heterocycles. The van der Waals surface area contributed by atoms with E-state index in [4.69, 9.17) is 4.74 Å². The molecule has 0 unspecified atom stereocenters. The van der Waals surface area contributed by atoms with E-state index in [9.17, 15) is 14.7 Å². The number of benzene rings is 1. The number of aldehydes is 1. The zero-order valence-corrected chi connectivity index (χ0v) is 10.9. The average Bonchev–Trinajstić information content (AvgIpc) is 2.42. The van der Waals surface area contributed by atoms with Crippen LogP contribution in [0.3, 0.4) is 0 Å². The van der Waals surface area contributed by atoms with Gasteiger partial charge in [0.1, 0.15) is 6.29 Å². The van der Waals surface area contributed by atoms with E-state index in [2.05, 4.69) is 4.74 Å². The van der Waals surface area contributed by atoms with Gasteiger partial charge in [-0.15, -0.1) is 0 Å². The van der Waals surface area contributed by atoms with Crippen LogP contribution in [0.5, 0.6) is 11.5 Å². The molecule has 0 spiro atoms. The molecule has 19 heavy (non-hydrogen) atoms. The van der Waals surface area contributed by atoms with Gasteiger partial charge in [-0.3, -0.25) is 9.59 Å². The monoisotopic (exact) mass is 264 g/mol. The number of phenolic OH excluding ortho intramolecular Hbond substituents is 1. The zero-order valence-electron chi connectivity index (χ0n) is 10.9. The van der Waals surface area contributed by atoms with E-state index in [1.54, 1.807) is 19.1 Å². The first-order valence-electron chi connectivity index (χ1n) is 5.80. The van der Waals surface area contributed by atoms with Crippen molar-refractivity contribution in [2.45, 2.75) is 13.3 Å². The number of hydrogen-bond acceptors (Lipinski definition) is 5. The lowest BCUT2D eigenvalue weighted by Gasteiger charge is -2.09. The van der Waals surface area contributed by atoms with E-state index >= 15 is 0 Å². The maximum atomic E-state index is 11.0. The molecule has 1 aromatic carbocycles. The Labute approximate surface area is 111 Å². The van der Waals surface area contributed by atoms with Crippen molar-refractivity contribution in [2.24, 2.45) is 0 Å². The lowest BCUT2D eigenvalue weighted by atomic mass is 10.1. The number of aromatic hydroxyl groups is 1. The summed E-state index contributed by atoms with van der Waals surface area (Å²) in [6.07, 6.45) is 3.85. The highest BCUT2D eigenvalue weighted by atomic mass is 16.5. The number of rotatable bonds is 6. The lowest BCUT2D eigenvalue weighted by molar-refractivity contribution is -0.139. The highest BCUT2D eigenvalue weighted by Gasteiger charge is 2.09. The summed E-state index contributed by atoms with van der Waals surface area (Å²) in [5.41, 5.74) is 0.802. The quantitative estimate of drug-likeness (QED) is 0.629. The minimum Gasteiger partial charge on any atom is -0.504 e. The third-order valence-electron chi connectivity index (χ3n) is 2.37. The smallest absolute Gasteiger partial charge is 0.309 e.